The maximum Gasteiger partial charge on any atom is 0.573 e. The minimum Gasteiger partial charge on any atom is -0.406 e. The molecule has 0 bridgehead atoms. The van der Waals surface area contributed by atoms with Crippen molar-refractivity contribution in [3.05, 3.63) is 41.7 Å². The lowest BCUT2D eigenvalue weighted by Crippen LogP contribution is -2.17. The van der Waals surface area contributed by atoms with Gasteiger partial charge in [0.15, 0.2) is 5.78 Å². The first-order chi connectivity index (χ1) is 9.28. The molecule has 20 heavy (non-hydrogen) atoms. The summed E-state index contributed by atoms with van der Waals surface area (Å²) in [6.45, 7) is 3.14. The lowest BCUT2D eigenvalue weighted by atomic mass is 10.2. The molecule has 7 heteroatoms. The molecular weight excluding hydrogens is 273 g/mol. The molecule has 2 rings (SSSR count). The van der Waals surface area contributed by atoms with E-state index in [1.807, 2.05) is 0 Å². The summed E-state index contributed by atoms with van der Waals surface area (Å²) >= 11 is 0. The standard InChI is InChI=1S/C13H11F3N2O2/c1-8-12(9(2)19)7-17-18(8)10-3-5-11(6-4-10)20-13(14,15)16/h3-7H,1-2H3. The number of nitrogens with zero attached hydrogens (tertiary/aromatic N) is 2. The van der Waals surface area contributed by atoms with Gasteiger partial charge in [-0.2, -0.15) is 5.10 Å². The number of ketones is 1. The minimum absolute atomic E-state index is 0.120. The zero-order chi connectivity index (χ0) is 14.9. The van der Waals surface area contributed by atoms with E-state index < -0.39 is 6.36 Å². The molecule has 0 atom stereocenters. The number of carbonyl (C=O) groups excluding carboxylic acids is 1. The van der Waals surface area contributed by atoms with Crippen LogP contribution >= 0.6 is 0 Å². The first kappa shape index (κ1) is 14.1. The zero-order valence-electron chi connectivity index (χ0n) is 10.7. The largest absolute Gasteiger partial charge is 0.573 e. The molecule has 4 nitrogen and oxygen atoms in total. The van der Waals surface area contributed by atoms with Crippen LogP contribution in [-0.4, -0.2) is 21.9 Å². The number of halogens is 3. The van der Waals surface area contributed by atoms with Gasteiger partial charge >= 0.3 is 6.36 Å². The summed E-state index contributed by atoms with van der Waals surface area (Å²) in [6.07, 6.45) is -3.29. The van der Waals surface area contributed by atoms with Gasteiger partial charge in [0.25, 0.3) is 0 Å². The molecule has 0 fully saturated rings. The average molecular weight is 284 g/mol. The van der Waals surface area contributed by atoms with Gasteiger partial charge in [0.2, 0.25) is 0 Å². The van der Waals surface area contributed by atoms with E-state index in [1.165, 1.54) is 42.1 Å². The number of rotatable bonds is 3. The quantitative estimate of drug-likeness (QED) is 0.812. The summed E-state index contributed by atoms with van der Waals surface area (Å²) in [6, 6.07) is 5.25. The third-order valence-electron chi connectivity index (χ3n) is 2.70. The zero-order valence-corrected chi connectivity index (χ0v) is 10.7. The first-order valence-electron chi connectivity index (χ1n) is 5.69. The minimum atomic E-state index is -4.72. The second-order valence-electron chi connectivity index (χ2n) is 4.15. The molecule has 0 saturated heterocycles. The van der Waals surface area contributed by atoms with Crippen LogP contribution in [0, 0.1) is 6.92 Å². The van der Waals surface area contributed by atoms with E-state index in [4.69, 9.17) is 0 Å². The Kier molecular flexibility index (Phi) is 3.52. The smallest absolute Gasteiger partial charge is 0.406 e. The van der Waals surface area contributed by atoms with Gasteiger partial charge in [0.05, 0.1) is 23.1 Å². The van der Waals surface area contributed by atoms with Gasteiger partial charge in [0.1, 0.15) is 5.75 Å². The highest BCUT2D eigenvalue weighted by Crippen LogP contribution is 2.24. The van der Waals surface area contributed by atoms with Crippen molar-refractivity contribution in [2.24, 2.45) is 0 Å². The van der Waals surface area contributed by atoms with Gasteiger partial charge in [-0.05, 0) is 38.1 Å². The first-order valence-corrected chi connectivity index (χ1v) is 5.69. The fraction of sp³-hybridized carbons (Fsp3) is 0.231. The van der Waals surface area contributed by atoms with Crippen molar-refractivity contribution in [1.29, 1.82) is 0 Å². The van der Waals surface area contributed by atoms with Gasteiger partial charge in [-0.3, -0.25) is 4.79 Å². The molecule has 0 amide bonds. The monoisotopic (exact) mass is 284 g/mol. The van der Waals surface area contributed by atoms with Crippen LogP contribution < -0.4 is 4.74 Å². The molecule has 0 radical (unpaired) electrons. The van der Waals surface area contributed by atoms with Crippen LogP contribution in [0.15, 0.2) is 30.5 Å². The van der Waals surface area contributed by atoms with Crippen LogP contribution in [0.4, 0.5) is 13.2 Å². The molecule has 2 aromatic rings. The molecule has 0 aliphatic carbocycles. The predicted molar refractivity (Wildman–Crippen MR) is 65.0 cm³/mol. The lowest BCUT2D eigenvalue weighted by molar-refractivity contribution is -0.274. The summed E-state index contributed by atoms with van der Waals surface area (Å²) in [5.41, 5.74) is 1.65. The molecule has 0 aliphatic rings. The Bertz CT molecular complexity index is 630. The third-order valence-corrected chi connectivity index (χ3v) is 2.70. The fourth-order valence-electron chi connectivity index (χ4n) is 1.80. The number of ether oxygens (including phenoxy) is 1. The molecule has 0 saturated carbocycles. The van der Waals surface area contributed by atoms with Crippen LogP contribution in [0.5, 0.6) is 5.75 Å². The van der Waals surface area contributed by atoms with E-state index in [-0.39, 0.29) is 11.5 Å². The number of benzene rings is 1. The summed E-state index contributed by atoms with van der Waals surface area (Å²) in [5.74, 6) is -0.427. The lowest BCUT2D eigenvalue weighted by Gasteiger charge is -2.10. The van der Waals surface area contributed by atoms with E-state index in [0.29, 0.717) is 16.9 Å². The van der Waals surface area contributed by atoms with E-state index >= 15 is 0 Å². The molecule has 1 heterocycles. The molecule has 1 aromatic carbocycles. The number of hydrogen-bond donors (Lipinski definition) is 0. The van der Waals surface area contributed by atoms with Crippen molar-refractivity contribution in [3.8, 4) is 11.4 Å². The van der Waals surface area contributed by atoms with Crippen molar-refractivity contribution in [2.45, 2.75) is 20.2 Å². The van der Waals surface area contributed by atoms with Gasteiger partial charge in [-0.25, -0.2) is 4.68 Å². The molecule has 1 aromatic heterocycles. The second-order valence-corrected chi connectivity index (χ2v) is 4.15. The topological polar surface area (TPSA) is 44.1 Å². The number of alkyl halides is 3. The molecule has 0 unspecified atom stereocenters. The van der Waals surface area contributed by atoms with Crippen LogP contribution in [0.3, 0.4) is 0 Å². The number of hydrogen-bond acceptors (Lipinski definition) is 3. The molecule has 0 spiro atoms. The fourth-order valence-corrected chi connectivity index (χ4v) is 1.80. The normalized spacial score (nSPS) is 11.4. The second kappa shape index (κ2) is 4.99. The maximum absolute atomic E-state index is 12.0. The highest BCUT2D eigenvalue weighted by molar-refractivity contribution is 5.95. The molecule has 0 aliphatic heterocycles. The Balaban J connectivity index is 2.29. The van der Waals surface area contributed by atoms with Gasteiger partial charge < -0.3 is 4.74 Å². The third kappa shape index (κ3) is 2.98. The van der Waals surface area contributed by atoms with E-state index in [2.05, 4.69) is 9.84 Å². The van der Waals surface area contributed by atoms with Crippen LogP contribution in [0.2, 0.25) is 0 Å². The maximum atomic E-state index is 12.0. The van der Waals surface area contributed by atoms with Crippen LogP contribution in [-0.2, 0) is 0 Å². The van der Waals surface area contributed by atoms with Crippen molar-refractivity contribution < 1.29 is 22.7 Å². The summed E-state index contributed by atoms with van der Waals surface area (Å²) in [5, 5.41) is 4.04. The number of carbonyl (C=O) groups is 1. The Morgan fingerprint density at radius 3 is 2.30 bits per heavy atom. The Labute approximate surface area is 112 Å². The van der Waals surface area contributed by atoms with E-state index in [9.17, 15) is 18.0 Å². The van der Waals surface area contributed by atoms with Crippen LogP contribution in [0.1, 0.15) is 23.0 Å². The van der Waals surface area contributed by atoms with Crippen molar-refractivity contribution in [3.63, 3.8) is 0 Å². The van der Waals surface area contributed by atoms with Gasteiger partial charge in [0, 0.05) is 0 Å². The average Bonchev–Trinajstić information content (AvgIpc) is 2.70. The Hall–Kier alpha value is -2.31. The Morgan fingerprint density at radius 2 is 1.85 bits per heavy atom. The van der Waals surface area contributed by atoms with Crippen molar-refractivity contribution in [1.82, 2.24) is 9.78 Å². The highest BCUT2D eigenvalue weighted by Gasteiger charge is 2.31. The van der Waals surface area contributed by atoms with Crippen molar-refractivity contribution in [2.75, 3.05) is 0 Å². The molecule has 106 valence electrons. The summed E-state index contributed by atoms with van der Waals surface area (Å²) < 4.78 is 41.4. The van der Waals surface area contributed by atoms with Gasteiger partial charge in [-0.15, -0.1) is 13.2 Å². The Morgan fingerprint density at radius 1 is 1.25 bits per heavy atom. The molecular formula is C13H11F3N2O2. The number of aromatic nitrogens is 2. The summed E-state index contributed by atoms with van der Waals surface area (Å²) in [7, 11) is 0. The SMILES string of the molecule is CC(=O)c1cnn(-c2ccc(OC(F)(F)F)cc2)c1C. The van der Waals surface area contributed by atoms with Crippen LogP contribution in [0.25, 0.3) is 5.69 Å². The number of Topliss-reactive ketones (excluding diaryl/α,β-unsaturated/α-hetero) is 1. The van der Waals surface area contributed by atoms with Crippen molar-refractivity contribution >= 4 is 5.78 Å². The van der Waals surface area contributed by atoms with E-state index in [1.54, 1.807) is 6.92 Å². The summed E-state index contributed by atoms with van der Waals surface area (Å²) in [4.78, 5) is 11.3. The predicted octanol–water partition coefficient (Wildman–Crippen LogP) is 3.28. The van der Waals surface area contributed by atoms with Gasteiger partial charge in [-0.1, -0.05) is 0 Å². The highest BCUT2D eigenvalue weighted by atomic mass is 19.4. The molecule has 0 N–H and O–H groups in total. The van der Waals surface area contributed by atoms with E-state index in [0.717, 1.165) is 0 Å².